The number of urea groups is 1. The topological polar surface area (TPSA) is 118 Å². The van der Waals surface area contributed by atoms with Gasteiger partial charge in [-0.3, -0.25) is 0 Å². The van der Waals surface area contributed by atoms with Gasteiger partial charge in [0, 0.05) is 11.4 Å². The van der Waals surface area contributed by atoms with Crippen molar-refractivity contribution in [2.24, 2.45) is 21.7 Å². The molecule has 4 aromatic carbocycles. The minimum atomic E-state index is -0.327. The summed E-state index contributed by atoms with van der Waals surface area (Å²) < 4.78 is 0. The van der Waals surface area contributed by atoms with Crippen molar-refractivity contribution in [1.82, 2.24) is 0 Å². The minimum absolute atomic E-state index is 0.102. The maximum absolute atomic E-state index is 12.4. The molecule has 0 radical (unpaired) electrons. The van der Waals surface area contributed by atoms with Gasteiger partial charge in [-0.15, -0.1) is 5.10 Å². The van der Waals surface area contributed by atoms with Gasteiger partial charge in [-0.05, 0) is 64.7 Å². The van der Waals surface area contributed by atoms with Crippen LogP contribution in [-0.4, -0.2) is 17.7 Å². The second-order valence-corrected chi connectivity index (χ2v) is 7.51. The van der Waals surface area contributed by atoms with Crippen molar-refractivity contribution in [2.75, 3.05) is 10.6 Å². The Hall–Kier alpha value is -4.65. The third-order valence-electron chi connectivity index (χ3n) is 5.10. The fraction of sp³-hybridized carbons (Fsp3) is 0.0385. The lowest BCUT2D eigenvalue weighted by molar-refractivity contribution is 0.262. The molecule has 0 aliphatic heterocycles. The van der Waals surface area contributed by atoms with Crippen molar-refractivity contribution in [1.29, 1.82) is 0 Å². The highest BCUT2D eigenvalue weighted by molar-refractivity contribution is 6.02. The molecule has 2 amide bonds. The van der Waals surface area contributed by atoms with Crippen LogP contribution in [0.15, 0.2) is 101 Å². The van der Waals surface area contributed by atoms with Gasteiger partial charge < -0.3 is 22.1 Å². The second-order valence-electron chi connectivity index (χ2n) is 7.51. The molecule has 0 heterocycles. The molecule has 0 spiro atoms. The Morgan fingerprint density at radius 1 is 0.697 bits per heavy atom. The molecule has 0 saturated heterocycles. The standard InChI is InChI=1S/C26H24N6O/c1-17(31-32-25(27)28)18-8-12-23(13-9-18)29-26(33)30-24-14-10-20(11-15-24)22-7-6-19-4-2-3-5-21(19)16-22/h2-16H,1H3,(H4,27,28,32)(H2,29,30,33)/b31-17+. The Morgan fingerprint density at radius 3 is 1.91 bits per heavy atom. The van der Waals surface area contributed by atoms with Gasteiger partial charge in [-0.1, -0.05) is 60.7 Å². The Kier molecular flexibility index (Phi) is 6.31. The van der Waals surface area contributed by atoms with E-state index in [2.05, 4.69) is 51.2 Å². The van der Waals surface area contributed by atoms with Gasteiger partial charge in [0.05, 0.1) is 5.71 Å². The number of nitrogens with one attached hydrogen (secondary N) is 2. The van der Waals surface area contributed by atoms with E-state index in [9.17, 15) is 4.79 Å². The summed E-state index contributed by atoms with van der Waals surface area (Å²) in [5.74, 6) is -0.102. The normalized spacial score (nSPS) is 11.1. The molecule has 33 heavy (non-hydrogen) atoms. The van der Waals surface area contributed by atoms with Gasteiger partial charge in [-0.25, -0.2) is 4.79 Å². The van der Waals surface area contributed by atoms with E-state index in [4.69, 9.17) is 11.5 Å². The number of nitrogens with two attached hydrogens (primary N) is 2. The molecule has 0 saturated carbocycles. The molecule has 0 aliphatic carbocycles. The van der Waals surface area contributed by atoms with E-state index in [1.165, 1.54) is 10.8 Å². The first kappa shape index (κ1) is 21.6. The molecule has 0 unspecified atom stereocenters. The van der Waals surface area contributed by atoms with Crippen LogP contribution in [0, 0.1) is 0 Å². The van der Waals surface area contributed by atoms with Crippen molar-refractivity contribution in [3.8, 4) is 11.1 Å². The zero-order valence-corrected chi connectivity index (χ0v) is 18.1. The number of carbonyl (C=O) groups excluding carboxylic acids is 1. The lowest BCUT2D eigenvalue weighted by Crippen LogP contribution is -2.22. The molecular weight excluding hydrogens is 412 g/mol. The summed E-state index contributed by atoms with van der Waals surface area (Å²) in [5.41, 5.74) is 15.6. The van der Waals surface area contributed by atoms with E-state index in [1.807, 2.05) is 48.5 Å². The summed E-state index contributed by atoms with van der Waals surface area (Å²) in [6, 6.07) is 29.3. The third kappa shape index (κ3) is 5.54. The first-order valence-electron chi connectivity index (χ1n) is 10.4. The maximum Gasteiger partial charge on any atom is 0.323 e. The molecule has 0 aromatic heterocycles. The number of anilines is 2. The highest BCUT2D eigenvalue weighted by atomic mass is 16.2. The lowest BCUT2D eigenvalue weighted by Gasteiger charge is -2.10. The quantitative estimate of drug-likeness (QED) is 0.197. The summed E-state index contributed by atoms with van der Waals surface area (Å²) in [5, 5.41) is 15.6. The molecule has 6 N–H and O–H groups in total. The Bertz CT molecular complexity index is 1340. The van der Waals surface area contributed by atoms with Gasteiger partial charge in [-0.2, -0.15) is 5.10 Å². The number of amides is 2. The fourth-order valence-electron chi connectivity index (χ4n) is 3.39. The first-order chi connectivity index (χ1) is 16.0. The zero-order chi connectivity index (χ0) is 23.2. The van der Waals surface area contributed by atoms with Crippen LogP contribution in [-0.2, 0) is 0 Å². The van der Waals surface area contributed by atoms with Crippen LogP contribution in [0.4, 0.5) is 16.2 Å². The van der Waals surface area contributed by atoms with Crippen molar-refractivity contribution in [2.45, 2.75) is 6.92 Å². The van der Waals surface area contributed by atoms with Gasteiger partial charge in [0.1, 0.15) is 0 Å². The number of fused-ring (bicyclic) bond motifs is 1. The van der Waals surface area contributed by atoms with Crippen LogP contribution in [0.1, 0.15) is 12.5 Å². The molecular formula is C26H24N6O. The zero-order valence-electron chi connectivity index (χ0n) is 18.1. The number of carbonyl (C=O) groups is 1. The molecule has 0 aliphatic rings. The number of rotatable bonds is 5. The van der Waals surface area contributed by atoms with E-state index in [0.717, 1.165) is 16.7 Å². The first-order valence-corrected chi connectivity index (χ1v) is 10.4. The van der Waals surface area contributed by atoms with Crippen LogP contribution in [0.25, 0.3) is 21.9 Å². The SMILES string of the molecule is C/C(=N\N=C(N)N)c1ccc(NC(=O)Nc2ccc(-c3ccc4ccccc4c3)cc2)cc1. The van der Waals surface area contributed by atoms with E-state index in [-0.39, 0.29) is 12.0 Å². The monoisotopic (exact) mass is 436 g/mol. The van der Waals surface area contributed by atoms with Crippen LogP contribution >= 0.6 is 0 Å². The summed E-state index contributed by atoms with van der Waals surface area (Å²) in [6.45, 7) is 1.79. The van der Waals surface area contributed by atoms with Crippen LogP contribution < -0.4 is 22.1 Å². The van der Waals surface area contributed by atoms with E-state index in [0.29, 0.717) is 17.1 Å². The van der Waals surface area contributed by atoms with Crippen LogP contribution in [0.3, 0.4) is 0 Å². The third-order valence-corrected chi connectivity index (χ3v) is 5.10. The predicted molar refractivity (Wildman–Crippen MR) is 136 cm³/mol. The number of benzene rings is 4. The number of hydrogen-bond acceptors (Lipinski definition) is 3. The van der Waals surface area contributed by atoms with Crippen LogP contribution in [0.5, 0.6) is 0 Å². The summed E-state index contributed by atoms with van der Waals surface area (Å²) in [6.07, 6.45) is 0. The predicted octanol–water partition coefficient (Wildman–Crippen LogP) is 5.15. The van der Waals surface area contributed by atoms with Crippen LogP contribution in [0.2, 0.25) is 0 Å². The summed E-state index contributed by atoms with van der Waals surface area (Å²) in [4.78, 5) is 12.4. The molecule has 4 aromatic rings. The van der Waals surface area contributed by atoms with Gasteiger partial charge in [0.25, 0.3) is 0 Å². The second kappa shape index (κ2) is 9.65. The lowest BCUT2D eigenvalue weighted by atomic mass is 10.0. The van der Waals surface area contributed by atoms with Gasteiger partial charge >= 0.3 is 6.03 Å². The highest BCUT2D eigenvalue weighted by Crippen LogP contribution is 2.25. The molecule has 0 atom stereocenters. The Labute approximate surface area is 191 Å². The van der Waals surface area contributed by atoms with Crippen molar-refractivity contribution < 1.29 is 4.79 Å². The van der Waals surface area contributed by atoms with Crippen molar-refractivity contribution in [3.05, 3.63) is 96.6 Å². The number of nitrogens with zero attached hydrogens (tertiary/aromatic N) is 2. The molecule has 7 nitrogen and oxygen atoms in total. The Balaban J connectivity index is 1.38. The smallest absolute Gasteiger partial charge is 0.323 e. The van der Waals surface area contributed by atoms with Crippen molar-refractivity contribution in [3.63, 3.8) is 0 Å². The summed E-state index contributed by atoms with van der Waals surface area (Å²) in [7, 11) is 0. The van der Waals surface area contributed by atoms with Crippen molar-refractivity contribution >= 4 is 39.8 Å². The van der Waals surface area contributed by atoms with E-state index in [1.54, 1.807) is 19.1 Å². The average Bonchev–Trinajstić information content (AvgIpc) is 2.83. The Morgan fingerprint density at radius 2 is 1.27 bits per heavy atom. The van der Waals surface area contributed by atoms with Gasteiger partial charge in [0.15, 0.2) is 0 Å². The van der Waals surface area contributed by atoms with Gasteiger partial charge in [0.2, 0.25) is 5.96 Å². The molecule has 164 valence electrons. The molecule has 0 bridgehead atoms. The highest BCUT2D eigenvalue weighted by Gasteiger charge is 2.05. The fourth-order valence-corrected chi connectivity index (χ4v) is 3.39. The largest absolute Gasteiger partial charge is 0.369 e. The van der Waals surface area contributed by atoms with E-state index < -0.39 is 0 Å². The number of hydrogen-bond donors (Lipinski definition) is 4. The minimum Gasteiger partial charge on any atom is -0.369 e. The van der Waals surface area contributed by atoms with E-state index >= 15 is 0 Å². The summed E-state index contributed by atoms with van der Waals surface area (Å²) >= 11 is 0. The average molecular weight is 437 g/mol. The molecule has 0 fully saturated rings. The molecule has 7 heteroatoms. The molecule has 4 rings (SSSR count). The maximum atomic E-state index is 12.4. The number of guanidine groups is 1.